The molecule has 0 bridgehead atoms. The summed E-state index contributed by atoms with van der Waals surface area (Å²) in [4.78, 5) is 0. The largest absolute Gasteiger partial charge is 0.416 e. The van der Waals surface area contributed by atoms with Gasteiger partial charge in [0.1, 0.15) is 0 Å². The Balaban J connectivity index is 0.00000361. The second-order valence-electron chi connectivity index (χ2n) is 4.19. The zero-order valence-electron chi connectivity index (χ0n) is 10.5. The summed E-state index contributed by atoms with van der Waals surface area (Å²) in [7, 11) is 0. The maximum absolute atomic E-state index is 12.7. The zero-order chi connectivity index (χ0) is 14.8. The molecule has 0 aliphatic heterocycles. The van der Waals surface area contributed by atoms with Gasteiger partial charge in [-0.1, -0.05) is 13.3 Å². The Bertz CT molecular complexity index is 441. The van der Waals surface area contributed by atoms with Gasteiger partial charge < -0.3 is 5.73 Å². The SMILES string of the molecule is CCC[C@@H](N)c1cc(C(F)(F)F)ccc1C(F)(F)F.Cl. The van der Waals surface area contributed by atoms with Crippen LogP contribution in [0.4, 0.5) is 26.3 Å². The summed E-state index contributed by atoms with van der Waals surface area (Å²) in [5, 5.41) is 0. The predicted octanol–water partition coefficient (Wildman–Crippen LogP) is 4.95. The van der Waals surface area contributed by atoms with Crippen molar-refractivity contribution in [3.8, 4) is 0 Å². The first-order valence-electron chi connectivity index (χ1n) is 5.61. The van der Waals surface area contributed by atoms with Gasteiger partial charge in [0.15, 0.2) is 0 Å². The first-order valence-corrected chi connectivity index (χ1v) is 5.61. The first kappa shape index (κ1) is 19.1. The Labute approximate surface area is 118 Å². The molecule has 1 aromatic rings. The van der Waals surface area contributed by atoms with Gasteiger partial charge in [-0.05, 0) is 30.2 Å². The summed E-state index contributed by atoms with van der Waals surface area (Å²) >= 11 is 0. The van der Waals surface area contributed by atoms with Crippen molar-refractivity contribution in [3.63, 3.8) is 0 Å². The third-order valence-corrected chi connectivity index (χ3v) is 2.68. The van der Waals surface area contributed by atoms with Crippen molar-refractivity contribution in [2.45, 2.75) is 38.2 Å². The molecule has 0 amide bonds. The molecule has 1 rings (SSSR count). The lowest BCUT2D eigenvalue weighted by Crippen LogP contribution is -2.19. The lowest BCUT2D eigenvalue weighted by Gasteiger charge is -2.20. The van der Waals surface area contributed by atoms with E-state index in [9.17, 15) is 26.3 Å². The molecular formula is C12H14ClF6N. The Kier molecular flexibility index (Phi) is 6.35. The monoisotopic (exact) mass is 321 g/mol. The number of hydrogen-bond acceptors (Lipinski definition) is 1. The van der Waals surface area contributed by atoms with Gasteiger partial charge in [-0.3, -0.25) is 0 Å². The Hall–Kier alpha value is -0.950. The molecule has 1 nitrogen and oxygen atoms in total. The van der Waals surface area contributed by atoms with Gasteiger partial charge in [0.2, 0.25) is 0 Å². The third kappa shape index (κ3) is 4.56. The highest BCUT2D eigenvalue weighted by Gasteiger charge is 2.37. The smallest absolute Gasteiger partial charge is 0.324 e. The van der Waals surface area contributed by atoms with Crippen LogP contribution in [-0.4, -0.2) is 0 Å². The Morgan fingerprint density at radius 3 is 2.00 bits per heavy atom. The Morgan fingerprint density at radius 2 is 1.60 bits per heavy atom. The topological polar surface area (TPSA) is 26.0 Å². The molecule has 0 aliphatic rings. The van der Waals surface area contributed by atoms with Gasteiger partial charge in [-0.2, -0.15) is 26.3 Å². The quantitative estimate of drug-likeness (QED) is 0.784. The molecule has 116 valence electrons. The lowest BCUT2D eigenvalue weighted by atomic mass is 9.95. The first-order chi connectivity index (χ1) is 8.57. The summed E-state index contributed by atoms with van der Waals surface area (Å²) in [6, 6.07) is 0.283. The second-order valence-corrected chi connectivity index (χ2v) is 4.19. The molecule has 0 aliphatic carbocycles. The summed E-state index contributed by atoms with van der Waals surface area (Å²) in [6.45, 7) is 1.70. The summed E-state index contributed by atoms with van der Waals surface area (Å²) in [5.41, 5.74) is 2.80. The molecule has 0 saturated heterocycles. The molecule has 0 spiro atoms. The third-order valence-electron chi connectivity index (χ3n) is 2.68. The molecule has 0 heterocycles. The van der Waals surface area contributed by atoms with E-state index in [1.165, 1.54) is 0 Å². The van der Waals surface area contributed by atoms with Gasteiger partial charge in [-0.25, -0.2) is 0 Å². The van der Waals surface area contributed by atoms with E-state index in [4.69, 9.17) is 5.73 Å². The van der Waals surface area contributed by atoms with Crippen molar-refractivity contribution in [2.75, 3.05) is 0 Å². The summed E-state index contributed by atoms with van der Waals surface area (Å²) in [6.07, 6.45) is -8.74. The van der Waals surface area contributed by atoms with Crippen LogP contribution in [0.1, 0.15) is 42.5 Å². The fraction of sp³-hybridized carbons (Fsp3) is 0.500. The van der Waals surface area contributed by atoms with Crippen LogP contribution < -0.4 is 5.73 Å². The molecule has 0 saturated carbocycles. The van der Waals surface area contributed by atoms with Crippen molar-refractivity contribution < 1.29 is 26.3 Å². The van der Waals surface area contributed by atoms with Crippen LogP contribution >= 0.6 is 12.4 Å². The van der Waals surface area contributed by atoms with E-state index in [-0.39, 0.29) is 18.8 Å². The molecule has 8 heteroatoms. The van der Waals surface area contributed by atoms with Crippen molar-refractivity contribution in [3.05, 3.63) is 34.9 Å². The van der Waals surface area contributed by atoms with E-state index < -0.39 is 35.1 Å². The molecule has 0 aromatic heterocycles. The van der Waals surface area contributed by atoms with E-state index in [1.54, 1.807) is 6.92 Å². The normalized spacial score (nSPS) is 13.8. The van der Waals surface area contributed by atoms with E-state index in [2.05, 4.69) is 0 Å². The number of benzene rings is 1. The lowest BCUT2D eigenvalue weighted by molar-refractivity contribution is -0.142. The maximum atomic E-state index is 12.7. The van der Waals surface area contributed by atoms with Gasteiger partial charge in [0.25, 0.3) is 0 Å². The number of nitrogens with two attached hydrogens (primary N) is 1. The van der Waals surface area contributed by atoms with Crippen LogP contribution in [0.3, 0.4) is 0 Å². The summed E-state index contributed by atoms with van der Waals surface area (Å²) < 4.78 is 75.8. The van der Waals surface area contributed by atoms with Crippen LogP contribution in [0, 0.1) is 0 Å². The van der Waals surface area contributed by atoms with E-state index >= 15 is 0 Å². The van der Waals surface area contributed by atoms with Crippen molar-refractivity contribution in [1.29, 1.82) is 0 Å². The maximum Gasteiger partial charge on any atom is 0.416 e. The molecule has 0 fully saturated rings. The molecule has 0 unspecified atom stereocenters. The fourth-order valence-electron chi connectivity index (χ4n) is 1.77. The van der Waals surface area contributed by atoms with Crippen molar-refractivity contribution in [2.24, 2.45) is 5.73 Å². The standard InChI is InChI=1S/C12H13F6N.ClH/c1-2-3-10(19)8-6-7(11(13,14)15)4-5-9(8)12(16,17)18;/h4-6,10H,2-3,19H2,1H3;1H/t10-;/m1./s1. The number of hydrogen-bond donors (Lipinski definition) is 1. The average molecular weight is 322 g/mol. The van der Waals surface area contributed by atoms with Crippen LogP contribution in [0.25, 0.3) is 0 Å². The highest BCUT2D eigenvalue weighted by molar-refractivity contribution is 5.85. The minimum atomic E-state index is -4.72. The molecule has 20 heavy (non-hydrogen) atoms. The average Bonchev–Trinajstić information content (AvgIpc) is 2.26. The minimum Gasteiger partial charge on any atom is -0.324 e. The van der Waals surface area contributed by atoms with E-state index in [0.29, 0.717) is 24.6 Å². The van der Waals surface area contributed by atoms with Crippen molar-refractivity contribution >= 4 is 12.4 Å². The van der Waals surface area contributed by atoms with Crippen LogP contribution in [0.2, 0.25) is 0 Å². The summed E-state index contributed by atoms with van der Waals surface area (Å²) in [5.74, 6) is 0. The fourth-order valence-corrected chi connectivity index (χ4v) is 1.77. The predicted molar refractivity (Wildman–Crippen MR) is 65.5 cm³/mol. The van der Waals surface area contributed by atoms with Gasteiger partial charge in [-0.15, -0.1) is 12.4 Å². The molecule has 1 aromatic carbocycles. The molecule has 2 N–H and O–H groups in total. The molecule has 1 atom stereocenters. The van der Waals surface area contributed by atoms with Gasteiger partial charge >= 0.3 is 12.4 Å². The number of halogens is 7. The molecule has 0 radical (unpaired) electrons. The van der Waals surface area contributed by atoms with Crippen molar-refractivity contribution in [1.82, 2.24) is 0 Å². The number of rotatable bonds is 3. The van der Waals surface area contributed by atoms with Crippen LogP contribution in [-0.2, 0) is 12.4 Å². The zero-order valence-corrected chi connectivity index (χ0v) is 11.3. The van der Waals surface area contributed by atoms with E-state index in [0.717, 1.165) is 0 Å². The van der Waals surface area contributed by atoms with E-state index in [1.807, 2.05) is 0 Å². The minimum absolute atomic E-state index is 0. The molecular weight excluding hydrogens is 308 g/mol. The number of alkyl halides is 6. The van der Waals surface area contributed by atoms with Crippen LogP contribution in [0.5, 0.6) is 0 Å². The highest BCUT2D eigenvalue weighted by atomic mass is 35.5. The Morgan fingerprint density at radius 1 is 1.05 bits per heavy atom. The second kappa shape index (κ2) is 6.67. The van der Waals surface area contributed by atoms with Gasteiger partial charge in [0, 0.05) is 6.04 Å². The van der Waals surface area contributed by atoms with Gasteiger partial charge in [0.05, 0.1) is 11.1 Å². The van der Waals surface area contributed by atoms with Crippen LogP contribution in [0.15, 0.2) is 18.2 Å². The highest BCUT2D eigenvalue weighted by Crippen LogP contribution is 2.38.